The Bertz CT molecular complexity index is 646. The highest BCUT2D eigenvalue weighted by Gasteiger charge is 2.42. The molecule has 0 aromatic heterocycles. The molecule has 0 bridgehead atoms. The summed E-state index contributed by atoms with van der Waals surface area (Å²) >= 11 is 0. The van der Waals surface area contributed by atoms with Crippen molar-refractivity contribution in [1.82, 2.24) is 15.5 Å². The summed E-state index contributed by atoms with van der Waals surface area (Å²) in [4.78, 5) is 18.4. The lowest BCUT2D eigenvalue weighted by Gasteiger charge is -2.31. The van der Waals surface area contributed by atoms with E-state index in [0.29, 0.717) is 24.6 Å². The molecule has 0 saturated heterocycles. The average Bonchev–Trinajstić information content (AvgIpc) is 3.07. The van der Waals surface area contributed by atoms with Gasteiger partial charge in [-0.05, 0) is 30.5 Å². The fourth-order valence-electron chi connectivity index (χ4n) is 3.31. The zero-order chi connectivity index (χ0) is 18.4. The summed E-state index contributed by atoms with van der Waals surface area (Å²) in [5.74, 6) is -0.305. The van der Waals surface area contributed by atoms with Crippen molar-refractivity contribution in [3.8, 4) is 5.75 Å². The van der Waals surface area contributed by atoms with Gasteiger partial charge in [0.05, 0.1) is 5.41 Å². The van der Waals surface area contributed by atoms with Gasteiger partial charge in [-0.1, -0.05) is 18.9 Å². The largest absolute Gasteiger partial charge is 0.505 e. The molecular weight excluding hydrogens is 450 g/mol. The Hall–Kier alpha value is -1.58. The summed E-state index contributed by atoms with van der Waals surface area (Å²) in [6.07, 6.45) is 3.86. The molecule has 1 fully saturated rings. The quantitative estimate of drug-likeness (QED) is 0.345. The molecule has 1 aliphatic rings. The number of phenolic OH excluding ortho intramolecular Hbond substituents is 1. The molecule has 0 atom stereocenters. The van der Waals surface area contributed by atoms with Gasteiger partial charge in [-0.25, -0.2) is 4.39 Å². The third-order valence-electron chi connectivity index (χ3n) is 4.71. The molecule has 6 nitrogen and oxygen atoms in total. The number of amides is 1. The summed E-state index contributed by atoms with van der Waals surface area (Å²) in [5.41, 5.74) is 0.310. The van der Waals surface area contributed by atoms with E-state index in [2.05, 4.69) is 15.6 Å². The molecule has 1 amide bonds. The van der Waals surface area contributed by atoms with Gasteiger partial charge in [-0.2, -0.15) is 0 Å². The highest BCUT2D eigenvalue weighted by Crippen LogP contribution is 2.38. The Morgan fingerprint density at radius 1 is 1.31 bits per heavy atom. The predicted octanol–water partition coefficient (Wildman–Crippen LogP) is 2.46. The van der Waals surface area contributed by atoms with E-state index >= 15 is 0 Å². The van der Waals surface area contributed by atoms with E-state index in [1.54, 1.807) is 32.1 Å². The molecule has 0 spiro atoms. The molecule has 0 heterocycles. The van der Waals surface area contributed by atoms with Gasteiger partial charge < -0.3 is 20.6 Å². The predicted molar refractivity (Wildman–Crippen MR) is 111 cm³/mol. The molecule has 0 radical (unpaired) electrons. The molecule has 1 aromatic carbocycles. The minimum absolute atomic E-state index is 0. The molecule has 3 N–H and O–H groups in total. The second kappa shape index (κ2) is 9.94. The summed E-state index contributed by atoms with van der Waals surface area (Å²) < 4.78 is 13.4. The van der Waals surface area contributed by atoms with E-state index in [-0.39, 0.29) is 41.0 Å². The number of nitrogens with zero attached hydrogens (tertiary/aromatic N) is 2. The van der Waals surface area contributed by atoms with Crippen LogP contribution in [0.2, 0.25) is 0 Å². The zero-order valence-corrected chi connectivity index (χ0v) is 17.8. The van der Waals surface area contributed by atoms with Crippen molar-refractivity contribution in [1.29, 1.82) is 0 Å². The third-order valence-corrected chi connectivity index (χ3v) is 4.71. The number of benzene rings is 1. The van der Waals surface area contributed by atoms with Crippen molar-refractivity contribution in [2.45, 2.75) is 32.2 Å². The molecule has 0 unspecified atom stereocenters. The van der Waals surface area contributed by atoms with E-state index in [9.17, 15) is 14.3 Å². The Morgan fingerprint density at radius 3 is 2.50 bits per heavy atom. The maximum absolute atomic E-state index is 13.4. The lowest BCUT2D eigenvalue weighted by Crippen LogP contribution is -2.49. The van der Waals surface area contributed by atoms with E-state index in [1.807, 2.05) is 0 Å². The summed E-state index contributed by atoms with van der Waals surface area (Å²) in [5, 5.41) is 15.6. The fraction of sp³-hybridized carbons (Fsp3) is 0.556. The molecule has 8 heteroatoms. The maximum Gasteiger partial charge on any atom is 0.230 e. The summed E-state index contributed by atoms with van der Waals surface area (Å²) in [6.45, 7) is 0.888. The fourth-order valence-corrected chi connectivity index (χ4v) is 3.31. The first kappa shape index (κ1) is 22.5. The number of aliphatic imine (C=N–C) groups is 1. The van der Waals surface area contributed by atoms with E-state index in [1.165, 1.54) is 12.1 Å². The first-order valence-corrected chi connectivity index (χ1v) is 8.51. The summed E-state index contributed by atoms with van der Waals surface area (Å²) in [7, 11) is 5.23. The van der Waals surface area contributed by atoms with E-state index in [0.717, 1.165) is 25.7 Å². The second-order valence-corrected chi connectivity index (χ2v) is 6.75. The second-order valence-electron chi connectivity index (χ2n) is 6.75. The van der Waals surface area contributed by atoms with Crippen LogP contribution in [-0.2, 0) is 11.3 Å². The lowest BCUT2D eigenvalue weighted by molar-refractivity contribution is -0.138. The molecule has 1 saturated carbocycles. The van der Waals surface area contributed by atoms with Crippen LogP contribution in [0, 0.1) is 11.2 Å². The SMILES string of the molecule is CN=C(NCc1ccc(O)c(F)c1)NCC1(C(=O)N(C)C)CCCC1.I. The van der Waals surface area contributed by atoms with Crippen LogP contribution in [-0.4, -0.2) is 49.6 Å². The summed E-state index contributed by atoms with van der Waals surface area (Å²) in [6, 6.07) is 4.25. The van der Waals surface area contributed by atoms with Crippen LogP contribution in [0.3, 0.4) is 0 Å². The van der Waals surface area contributed by atoms with Gasteiger partial charge in [-0.3, -0.25) is 9.79 Å². The van der Waals surface area contributed by atoms with Gasteiger partial charge >= 0.3 is 0 Å². The normalized spacial score (nSPS) is 15.9. The maximum atomic E-state index is 13.4. The van der Waals surface area contributed by atoms with Crippen LogP contribution in [0.15, 0.2) is 23.2 Å². The van der Waals surface area contributed by atoms with Crippen molar-refractivity contribution < 1.29 is 14.3 Å². The number of nitrogens with one attached hydrogen (secondary N) is 2. The highest BCUT2D eigenvalue weighted by molar-refractivity contribution is 14.0. The van der Waals surface area contributed by atoms with Crippen molar-refractivity contribution in [2.75, 3.05) is 27.7 Å². The van der Waals surface area contributed by atoms with Crippen LogP contribution in [0.1, 0.15) is 31.2 Å². The van der Waals surface area contributed by atoms with Crippen LogP contribution in [0.5, 0.6) is 5.75 Å². The standard InChI is InChI=1S/C18H27FN4O2.HI/c1-20-17(21-11-13-6-7-15(24)14(19)10-13)22-12-18(8-4-5-9-18)16(25)23(2)3;/h6-7,10,24H,4-5,8-9,11-12H2,1-3H3,(H2,20,21,22);1H. The number of hydrogen-bond acceptors (Lipinski definition) is 3. The number of hydrogen-bond donors (Lipinski definition) is 3. The topological polar surface area (TPSA) is 77.0 Å². The van der Waals surface area contributed by atoms with Gasteiger partial charge in [0.25, 0.3) is 0 Å². The Labute approximate surface area is 171 Å². The van der Waals surface area contributed by atoms with Crippen LogP contribution in [0.4, 0.5) is 4.39 Å². The molecule has 2 rings (SSSR count). The number of carbonyl (C=O) groups excluding carboxylic acids is 1. The highest BCUT2D eigenvalue weighted by atomic mass is 127. The minimum atomic E-state index is -0.649. The van der Waals surface area contributed by atoms with Crippen molar-refractivity contribution >= 4 is 35.8 Å². The van der Waals surface area contributed by atoms with E-state index in [4.69, 9.17) is 0 Å². The van der Waals surface area contributed by atoms with Gasteiger partial charge in [0.15, 0.2) is 17.5 Å². The van der Waals surface area contributed by atoms with Crippen molar-refractivity contribution in [3.63, 3.8) is 0 Å². The molecule has 0 aliphatic heterocycles. The van der Waals surface area contributed by atoms with Gasteiger partial charge in [0.2, 0.25) is 5.91 Å². The Morgan fingerprint density at radius 2 is 1.96 bits per heavy atom. The first-order valence-electron chi connectivity index (χ1n) is 8.51. The van der Waals surface area contributed by atoms with Gasteiger partial charge in [-0.15, -0.1) is 24.0 Å². The Kier molecular flexibility index (Phi) is 8.58. The number of halogens is 2. The first-order chi connectivity index (χ1) is 11.9. The molecule has 26 heavy (non-hydrogen) atoms. The number of guanidine groups is 1. The van der Waals surface area contributed by atoms with Crippen LogP contribution < -0.4 is 10.6 Å². The van der Waals surface area contributed by atoms with Crippen molar-refractivity contribution in [2.24, 2.45) is 10.4 Å². The monoisotopic (exact) mass is 478 g/mol. The molecule has 1 aromatic rings. The van der Waals surface area contributed by atoms with Crippen LogP contribution in [0.25, 0.3) is 0 Å². The zero-order valence-electron chi connectivity index (χ0n) is 15.5. The number of rotatable bonds is 5. The molecule has 1 aliphatic carbocycles. The smallest absolute Gasteiger partial charge is 0.230 e. The number of aromatic hydroxyl groups is 1. The van der Waals surface area contributed by atoms with Gasteiger partial charge in [0, 0.05) is 34.2 Å². The van der Waals surface area contributed by atoms with Crippen LogP contribution >= 0.6 is 24.0 Å². The van der Waals surface area contributed by atoms with Crippen molar-refractivity contribution in [3.05, 3.63) is 29.6 Å². The lowest BCUT2D eigenvalue weighted by atomic mass is 9.84. The van der Waals surface area contributed by atoms with E-state index < -0.39 is 5.82 Å². The third kappa shape index (κ3) is 5.46. The molecule has 146 valence electrons. The number of carbonyl (C=O) groups is 1. The van der Waals surface area contributed by atoms with Gasteiger partial charge in [0.1, 0.15) is 0 Å². The average molecular weight is 478 g/mol. The Balaban J connectivity index is 0.00000338. The minimum Gasteiger partial charge on any atom is -0.505 e. The number of phenols is 1. The molecular formula is C18H28FIN4O2.